The minimum absolute atomic E-state index is 0.0151. The summed E-state index contributed by atoms with van der Waals surface area (Å²) in [5, 5.41) is 4.21. The standard InChI is InChI=1S/C24H23F3N2O4/c25-24(26,27)18-7-4-15(5-8-18)12-29(23(30)16-2-1-3-16)13-19-11-20(28-33-19)17-6-9-21-22(10-17)32-14-31-21/h4-10,16,19H,1-3,11-14H2. The van der Waals surface area contributed by atoms with Gasteiger partial charge in [-0.15, -0.1) is 0 Å². The third-order valence-corrected chi connectivity index (χ3v) is 6.28. The highest BCUT2D eigenvalue weighted by Gasteiger charge is 2.34. The topological polar surface area (TPSA) is 60.4 Å². The smallest absolute Gasteiger partial charge is 0.416 e. The summed E-state index contributed by atoms with van der Waals surface area (Å²) >= 11 is 0. The van der Waals surface area contributed by atoms with Gasteiger partial charge in [0.15, 0.2) is 17.6 Å². The quantitative estimate of drug-likeness (QED) is 0.624. The molecule has 3 aliphatic rings. The Morgan fingerprint density at radius 3 is 2.52 bits per heavy atom. The molecule has 0 spiro atoms. The Bertz CT molecular complexity index is 1060. The number of fused-ring (bicyclic) bond motifs is 1. The highest BCUT2D eigenvalue weighted by Crippen LogP contribution is 2.34. The summed E-state index contributed by atoms with van der Waals surface area (Å²) in [4.78, 5) is 20.4. The molecule has 1 unspecified atom stereocenters. The first kappa shape index (κ1) is 21.6. The molecule has 1 aliphatic carbocycles. The predicted octanol–water partition coefficient (Wildman–Crippen LogP) is 4.76. The molecule has 9 heteroatoms. The van der Waals surface area contributed by atoms with Crippen LogP contribution in [-0.2, 0) is 22.4 Å². The van der Waals surface area contributed by atoms with Gasteiger partial charge in [0.1, 0.15) is 0 Å². The number of halogens is 3. The van der Waals surface area contributed by atoms with E-state index in [1.54, 1.807) is 4.90 Å². The van der Waals surface area contributed by atoms with Crippen molar-refractivity contribution in [1.29, 1.82) is 0 Å². The van der Waals surface area contributed by atoms with Crippen molar-refractivity contribution >= 4 is 11.6 Å². The van der Waals surface area contributed by atoms with E-state index in [-0.39, 0.29) is 31.3 Å². The second-order valence-electron chi connectivity index (χ2n) is 8.58. The molecule has 6 nitrogen and oxygen atoms in total. The molecule has 1 fully saturated rings. The molecular weight excluding hydrogens is 437 g/mol. The van der Waals surface area contributed by atoms with Gasteiger partial charge in [0.25, 0.3) is 0 Å². The van der Waals surface area contributed by atoms with Crippen molar-refractivity contribution in [3.63, 3.8) is 0 Å². The first-order chi connectivity index (χ1) is 15.9. The highest BCUT2D eigenvalue weighted by molar-refractivity contribution is 6.01. The van der Waals surface area contributed by atoms with Crippen molar-refractivity contribution in [1.82, 2.24) is 4.90 Å². The van der Waals surface area contributed by atoms with E-state index >= 15 is 0 Å². The van der Waals surface area contributed by atoms with Crippen molar-refractivity contribution in [2.75, 3.05) is 13.3 Å². The molecule has 1 atom stereocenters. The Balaban J connectivity index is 1.26. The van der Waals surface area contributed by atoms with Gasteiger partial charge < -0.3 is 19.2 Å². The minimum atomic E-state index is -4.39. The summed E-state index contributed by atoms with van der Waals surface area (Å²) in [6, 6.07) is 10.5. The summed E-state index contributed by atoms with van der Waals surface area (Å²) in [5.74, 6) is 1.32. The molecule has 2 heterocycles. The Kier molecular flexibility index (Phi) is 5.64. The number of carbonyl (C=O) groups is 1. The van der Waals surface area contributed by atoms with Crippen LogP contribution in [0.15, 0.2) is 47.6 Å². The fourth-order valence-electron chi connectivity index (χ4n) is 4.18. The fraction of sp³-hybridized carbons (Fsp3) is 0.417. The van der Waals surface area contributed by atoms with E-state index in [2.05, 4.69) is 5.16 Å². The minimum Gasteiger partial charge on any atom is -0.454 e. The van der Waals surface area contributed by atoms with Gasteiger partial charge in [0.2, 0.25) is 12.7 Å². The molecule has 2 aliphatic heterocycles. The lowest BCUT2D eigenvalue weighted by atomic mass is 9.84. The van der Waals surface area contributed by atoms with Gasteiger partial charge in [-0.25, -0.2) is 0 Å². The number of rotatable bonds is 6. The van der Waals surface area contributed by atoms with Crippen LogP contribution in [0.1, 0.15) is 42.4 Å². The van der Waals surface area contributed by atoms with Crippen molar-refractivity contribution in [2.45, 2.75) is 44.5 Å². The Labute approximate surface area is 188 Å². The molecule has 0 saturated heterocycles. The molecule has 0 aromatic heterocycles. The van der Waals surface area contributed by atoms with Crippen LogP contribution in [-0.4, -0.2) is 36.0 Å². The van der Waals surface area contributed by atoms with Gasteiger partial charge in [-0.3, -0.25) is 4.79 Å². The summed E-state index contributed by atoms with van der Waals surface area (Å²) in [7, 11) is 0. The van der Waals surface area contributed by atoms with Gasteiger partial charge in [-0.1, -0.05) is 23.7 Å². The number of alkyl halides is 3. The number of carbonyl (C=O) groups excluding carboxylic acids is 1. The highest BCUT2D eigenvalue weighted by atomic mass is 19.4. The molecule has 1 saturated carbocycles. The van der Waals surface area contributed by atoms with Crippen molar-refractivity contribution in [2.24, 2.45) is 11.1 Å². The maximum absolute atomic E-state index is 13.0. The molecule has 0 bridgehead atoms. The molecule has 0 N–H and O–H groups in total. The van der Waals surface area contributed by atoms with Crippen molar-refractivity contribution in [3.05, 3.63) is 59.2 Å². The zero-order valence-electron chi connectivity index (χ0n) is 17.8. The molecule has 0 radical (unpaired) electrons. The van der Waals surface area contributed by atoms with Crippen LogP contribution in [0, 0.1) is 5.92 Å². The van der Waals surface area contributed by atoms with Gasteiger partial charge in [0.05, 0.1) is 17.8 Å². The third kappa shape index (κ3) is 4.62. The van der Waals surface area contributed by atoms with Crippen LogP contribution in [0.5, 0.6) is 11.5 Å². The lowest BCUT2D eigenvalue weighted by Crippen LogP contribution is -2.42. The van der Waals surface area contributed by atoms with Gasteiger partial charge >= 0.3 is 6.18 Å². The van der Waals surface area contributed by atoms with Crippen LogP contribution in [0.3, 0.4) is 0 Å². The summed E-state index contributed by atoms with van der Waals surface area (Å²) in [6.45, 7) is 0.729. The first-order valence-corrected chi connectivity index (χ1v) is 10.9. The van der Waals surface area contributed by atoms with E-state index in [0.717, 1.165) is 42.7 Å². The lowest BCUT2D eigenvalue weighted by molar-refractivity contribution is -0.141. The van der Waals surface area contributed by atoms with E-state index in [9.17, 15) is 18.0 Å². The number of benzene rings is 2. The number of amides is 1. The molecule has 2 aromatic rings. The molecule has 1 amide bonds. The normalized spacial score (nSPS) is 19.6. The number of hydrogen-bond acceptors (Lipinski definition) is 5. The number of oxime groups is 1. The van der Waals surface area contributed by atoms with E-state index in [0.29, 0.717) is 30.0 Å². The van der Waals surface area contributed by atoms with E-state index in [4.69, 9.17) is 14.3 Å². The summed E-state index contributed by atoms with van der Waals surface area (Å²) < 4.78 is 49.4. The van der Waals surface area contributed by atoms with Crippen molar-refractivity contribution < 1.29 is 32.3 Å². The maximum atomic E-state index is 13.0. The average molecular weight is 460 g/mol. The lowest BCUT2D eigenvalue weighted by Gasteiger charge is -2.32. The zero-order valence-corrected chi connectivity index (χ0v) is 17.8. The third-order valence-electron chi connectivity index (χ3n) is 6.28. The Hall–Kier alpha value is -3.23. The molecular formula is C24H23F3N2O4. The van der Waals surface area contributed by atoms with Gasteiger partial charge in [-0.05, 0) is 48.7 Å². The number of nitrogens with zero attached hydrogens (tertiary/aromatic N) is 2. The average Bonchev–Trinajstić information content (AvgIpc) is 3.40. The van der Waals surface area contributed by atoms with Crippen LogP contribution < -0.4 is 9.47 Å². The number of ether oxygens (including phenoxy) is 2. The SMILES string of the molecule is O=C(C1CCC1)N(Cc1ccc(C(F)(F)F)cc1)CC1CC(c2ccc3c(c2)OCO3)=NO1. The van der Waals surface area contributed by atoms with Gasteiger partial charge in [0, 0.05) is 24.4 Å². The number of hydrogen-bond donors (Lipinski definition) is 0. The molecule has 174 valence electrons. The van der Waals surface area contributed by atoms with E-state index in [1.807, 2.05) is 18.2 Å². The van der Waals surface area contributed by atoms with Crippen LogP contribution in [0.4, 0.5) is 13.2 Å². The summed E-state index contributed by atoms with van der Waals surface area (Å²) in [6.07, 6.45) is -1.51. The maximum Gasteiger partial charge on any atom is 0.416 e. The fourth-order valence-corrected chi connectivity index (χ4v) is 4.18. The van der Waals surface area contributed by atoms with Crippen LogP contribution in [0.2, 0.25) is 0 Å². The van der Waals surface area contributed by atoms with E-state index in [1.165, 1.54) is 12.1 Å². The molecule has 33 heavy (non-hydrogen) atoms. The van der Waals surface area contributed by atoms with Crippen LogP contribution >= 0.6 is 0 Å². The second-order valence-corrected chi connectivity index (χ2v) is 8.58. The van der Waals surface area contributed by atoms with E-state index < -0.39 is 11.7 Å². The second kappa shape index (κ2) is 8.61. The van der Waals surface area contributed by atoms with Gasteiger partial charge in [-0.2, -0.15) is 13.2 Å². The summed E-state index contributed by atoms with van der Waals surface area (Å²) in [5.41, 5.74) is 1.56. The predicted molar refractivity (Wildman–Crippen MR) is 113 cm³/mol. The monoisotopic (exact) mass is 460 g/mol. The molecule has 2 aromatic carbocycles. The van der Waals surface area contributed by atoms with Crippen LogP contribution in [0.25, 0.3) is 0 Å². The zero-order chi connectivity index (χ0) is 23.0. The first-order valence-electron chi connectivity index (χ1n) is 10.9. The largest absolute Gasteiger partial charge is 0.454 e. The Morgan fingerprint density at radius 1 is 1.06 bits per heavy atom. The Morgan fingerprint density at radius 2 is 1.82 bits per heavy atom. The van der Waals surface area contributed by atoms with Crippen molar-refractivity contribution in [3.8, 4) is 11.5 Å². The molecule has 5 rings (SSSR count).